The summed E-state index contributed by atoms with van der Waals surface area (Å²) in [7, 11) is 0. The molecule has 2 aromatic heterocycles. The van der Waals surface area contributed by atoms with Crippen LogP contribution in [-0.4, -0.2) is 15.0 Å². The smallest absolute Gasteiger partial charge is 0.181 e. The van der Waals surface area contributed by atoms with E-state index in [2.05, 4.69) is 73.0 Å². The van der Waals surface area contributed by atoms with E-state index in [0.717, 1.165) is 34.8 Å². The first-order chi connectivity index (χ1) is 12.9. The van der Waals surface area contributed by atoms with Crippen molar-refractivity contribution >= 4 is 22.0 Å². The second-order valence-corrected chi connectivity index (χ2v) is 8.57. The van der Waals surface area contributed by atoms with Crippen LogP contribution in [-0.2, 0) is 10.8 Å². The van der Waals surface area contributed by atoms with Gasteiger partial charge in [-0.3, -0.25) is 0 Å². The van der Waals surface area contributed by atoms with E-state index in [0.29, 0.717) is 0 Å². The Labute approximate surface area is 159 Å². The number of hydrogen-bond donors (Lipinski definition) is 0. The van der Waals surface area contributed by atoms with Gasteiger partial charge in [0, 0.05) is 11.6 Å². The van der Waals surface area contributed by atoms with Gasteiger partial charge in [0.25, 0.3) is 0 Å². The lowest BCUT2D eigenvalue weighted by Crippen LogP contribution is -2.24. The van der Waals surface area contributed by atoms with E-state index in [-0.39, 0.29) is 10.8 Å². The van der Waals surface area contributed by atoms with Crippen LogP contribution in [0.4, 0.5) is 0 Å². The summed E-state index contributed by atoms with van der Waals surface area (Å²) in [5, 5.41) is 1.10. The highest BCUT2D eigenvalue weighted by molar-refractivity contribution is 5.81. The fraction of sp³-hybridized carbons (Fsp3) is 0.348. The van der Waals surface area contributed by atoms with Gasteiger partial charge in [-0.15, -0.1) is 0 Å². The molecule has 0 aliphatic rings. The van der Waals surface area contributed by atoms with Gasteiger partial charge in [0.1, 0.15) is 11.8 Å². The van der Waals surface area contributed by atoms with Gasteiger partial charge in [0.05, 0.1) is 5.52 Å². The molecule has 0 spiro atoms. The molecule has 138 valence electrons. The topological polar surface area (TPSA) is 51.8 Å². The molecule has 0 bridgehead atoms. The van der Waals surface area contributed by atoms with Gasteiger partial charge < -0.3 is 4.42 Å². The van der Waals surface area contributed by atoms with Crippen LogP contribution < -0.4 is 0 Å². The minimum Gasteiger partial charge on any atom is -0.443 e. The predicted octanol–water partition coefficient (Wildman–Crippen LogP) is 5.81. The molecular weight excluding hydrogens is 334 g/mol. The SMILES string of the molecule is CC(C)(CCC(C)(C)c1cccc2cncnc12)c1ccc2ncoc2c1. The molecular formula is C23H25N3O. The number of hydrogen-bond acceptors (Lipinski definition) is 4. The number of benzene rings is 2. The molecule has 0 atom stereocenters. The first-order valence-corrected chi connectivity index (χ1v) is 9.40. The van der Waals surface area contributed by atoms with E-state index in [1.807, 2.05) is 12.3 Å². The average Bonchev–Trinajstić information content (AvgIpc) is 3.14. The summed E-state index contributed by atoms with van der Waals surface area (Å²) < 4.78 is 5.49. The van der Waals surface area contributed by atoms with Crippen LogP contribution >= 0.6 is 0 Å². The van der Waals surface area contributed by atoms with Crippen LogP contribution in [0.25, 0.3) is 22.0 Å². The van der Waals surface area contributed by atoms with Crippen molar-refractivity contribution in [1.29, 1.82) is 0 Å². The van der Waals surface area contributed by atoms with Gasteiger partial charge in [-0.25, -0.2) is 15.0 Å². The van der Waals surface area contributed by atoms with Crippen LogP contribution in [0.1, 0.15) is 51.7 Å². The van der Waals surface area contributed by atoms with E-state index >= 15 is 0 Å². The molecule has 0 aliphatic heterocycles. The third kappa shape index (κ3) is 3.32. The highest BCUT2D eigenvalue weighted by atomic mass is 16.3. The molecule has 0 saturated heterocycles. The molecule has 4 rings (SSSR count). The molecule has 4 heteroatoms. The molecule has 0 aliphatic carbocycles. The molecule has 0 N–H and O–H groups in total. The lowest BCUT2D eigenvalue weighted by molar-refractivity contribution is 0.376. The Morgan fingerprint density at radius 1 is 0.926 bits per heavy atom. The predicted molar refractivity (Wildman–Crippen MR) is 109 cm³/mol. The fourth-order valence-corrected chi connectivity index (χ4v) is 3.74. The van der Waals surface area contributed by atoms with Gasteiger partial charge in [0.15, 0.2) is 12.0 Å². The molecule has 0 radical (unpaired) electrons. The highest BCUT2D eigenvalue weighted by Crippen LogP contribution is 2.38. The van der Waals surface area contributed by atoms with Crippen LogP contribution in [0, 0.1) is 0 Å². The van der Waals surface area contributed by atoms with Crippen molar-refractivity contribution in [3.8, 4) is 0 Å². The van der Waals surface area contributed by atoms with E-state index < -0.39 is 0 Å². The zero-order chi connectivity index (χ0) is 19.1. The van der Waals surface area contributed by atoms with Crippen molar-refractivity contribution in [2.75, 3.05) is 0 Å². The van der Waals surface area contributed by atoms with E-state index in [1.54, 1.807) is 6.33 Å². The van der Waals surface area contributed by atoms with Gasteiger partial charge in [-0.1, -0.05) is 52.0 Å². The minimum atomic E-state index is 0.0153. The molecule has 0 unspecified atom stereocenters. The Kier molecular flexibility index (Phi) is 4.22. The molecule has 4 aromatic rings. The van der Waals surface area contributed by atoms with Crippen LogP contribution in [0.5, 0.6) is 0 Å². The summed E-state index contributed by atoms with van der Waals surface area (Å²) in [5.74, 6) is 0. The van der Waals surface area contributed by atoms with Gasteiger partial charge in [-0.2, -0.15) is 0 Å². The second-order valence-electron chi connectivity index (χ2n) is 8.57. The van der Waals surface area contributed by atoms with E-state index in [9.17, 15) is 0 Å². The summed E-state index contributed by atoms with van der Waals surface area (Å²) >= 11 is 0. The zero-order valence-corrected chi connectivity index (χ0v) is 16.4. The lowest BCUT2D eigenvalue weighted by atomic mass is 9.72. The van der Waals surface area contributed by atoms with E-state index in [1.165, 1.54) is 17.5 Å². The summed E-state index contributed by atoms with van der Waals surface area (Å²) in [6.07, 6.45) is 7.14. The van der Waals surface area contributed by atoms with Crippen molar-refractivity contribution in [3.05, 3.63) is 66.4 Å². The number of fused-ring (bicyclic) bond motifs is 2. The zero-order valence-electron chi connectivity index (χ0n) is 16.4. The summed E-state index contributed by atoms with van der Waals surface area (Å²) in [6.45, 7) is 9.21. The third-order valence-corrected chi connectivity index (χ3v) is 5.75. The molecule has 27 heavy (non-hydrogen) atoms. The maximum Gasteiger partial charge on any atom is 0.181 e. The Morgan fingerprint density at radius 2 is 1.74 bits per heavy atom. The summed E-state index contributed by atoms with van der Waals surface area (Å²) in [5.41, 5.74) is 5.43. The van der Waals surface area contributed by atoms with Crippen molar-refractivity contribution in [1.82, 2.24) is 15.0 Å². The number of aromatic nitrogens is 3. The first-order valence-electron chi connectivity index (χ1n) is 9.40. The van der Waals surface area contributed by atoms with Crippen molar-refractivity contribution < 1.29 is 4.42 Å². The number of rotatable bonds is 5. The normalized spacial score (nSPS) is 12.7. The highest BCUT2D eigenvalue weighted by Gasteiger charge is 2.29. The average molecular weight is 359 g/mol. The van der Waals surface area contributed by atoms with Gasteiger partial charge in [-0.05, 0) is 46.9 Å². The van der Waals surface area contributed by atoms with Crippen molar-refractivity contribution in [2.24, 2.45) is 0 Å². The van der Waals surface area contributed by atoms with Crippen LogP contribution in [0.2, 0.25) is 0 Å². The monoisotopic (exact) mass is 359 g/mol. The molecule has 4 nitrogen and oxygen atoms in total. The van der Waals surface area contributed by atoms with Crippen molar-refractivity contribution in [2.45, 2.75) is 51.4 Å². The Hall–Kier alpha value is -2.75. The Balaban J connectivity index is 1.60. The molecule has 2 heterocycles. The number of oxazole rings is 1. The van der Waals surface area contributed by atoms with Gasteiger partial charge in [0.2, 0.25) is 0 Å². The quantitative estimate of drug-likeness (QED) is 0.451. The molecule has 2 aromatic carbocycles. The Bertz CT molecular complexity index is 1090. The largest absolute Gasteiger partial charge is 0.443 e. The molecule has 0 amide bonds. The summed E-state index contributed by atoms with van der Waals surface area (Å²) in [6, 6.07) is 12.7. The standard InChI is InChI=1S/C23H25N3O/c1-22(2,17-8-9-19-20(12-17)27-15-26-19)10-11-23(3,4)18-7-5-6-16-13-24-14-25-21(16)18/h5-9,12-15H,10-11H2,1-4H3. The second kappa shape index (κ2) is 6.45. The van der Waals surface area contributed by atoms with Crippen molar-refractivity contribution in [3.63, 3.8) is 0 Å². The number of nitrogens with zero attached hydrogens (tertiary/aromatic N) is 3. The fourth-order valence-electron chi connectivity index (χ4n) is 3.74. The molecule has 0 saturated carbocycles. The lowest BCUT2D eigenvalue weighted by Gasteiger charge is -2.32. The minimum absolute atomic E-state index is 0.0153. The first kappa shape index (κ1) is 17.7. The Morgan fingerprint density at radius 3 is 2.59 bits per heavy atom. The van der Waals surface area contributed by atoms with Crippen LogP contribution in [0.3, 0.4) is 0 Å². The molecule has 0 fully saturated rings. The van der Waals surface area contributed by atoms with E-state index in [4.69, 9.17) is 4.42 Å². The van der Waals surface area contributed by atoms with Crippen LogP contribution in [0.15, 0.2) is 59.7 Å². The third-order valence-electron chi connectivity index (χ3n) is 5.75. The maximum absolute atomic E-state index is 5.49. The summed E-state index contributed by atoms with van der Waals surface area (Å²) in [4.78, 5) is 12.9. The number of para-hydroxylation sites is 1. The maximum atomic E-state index is 5.49. The van der Waals surface area contributed by atoms with Gasteiger partial charge >= 0.3 is 0 Å².